The van der Waals surface area contributed by atoms with Crippen LogP contribution in [0.15, 0.2) is 6.20 Å². The molecule has 0 aliphatic heterocycles. The van der Waals surface area contributed by atoms with Crippen LogP contribution in [0, 0.1) is 6.92 Å². The fourth-order valence-corrected chi connectivity index (χ4v) is 1.05. The lowest BCUT2D eigenvalue weighted by molar-refractivity contribution is 0.0692. The number of aromatic amines is 1. The van der Waals surface area contributed by atoms with Crippen molar-refractivity contribution in [1.82, 2.24) is 20.2 Å². The van der Waals surface area contributed by atoms with E-state index in [9.17, 15) is 4.79 Å². The molecule has 2 rings (SSSR count). The van der Waals surface area contributed by atoms with Gasteiger partial charge in [0.1, 0.15) is 16.9 Å². The van der Waals surface area contributed by atoms with Crippen LogP contribution >= 0.6 is 0 Å². The summed E-state index contributed by atoms with van der Waals surface area (Å²) in [6.45, 7) is 1.69. The molecule has 6 nitrogen and oxygen atoms in total. The van der Waals surface area contributed by atoms with E-state index in [1.807, 2.05) is 0 Å². The van der Waals surface area contributed by atoms with Crippen molar-refractivity contribution in [1.29, 1.82) is 0 Å². The number of carbonyl (C=O) groups is 1. The number of fused-ring (bicyclic) bond motifs is 1. The number of nitrogens with one attached hydrogen (secondary N) is 1. The number of rotatable bonds is 1. The minimum atomic E-state index is -1.09. The lowest BCUT2D eigenvalue weighted by Crippen LogP contribution is -1.98. The Morgan fingerprint density at radius 2 is 2.38 bits per heavy atom. The second kappa shape index (κ2) is 2.51. The summed E-state index contributed by atoms with van der Waals surface area (Å²) in [4.78, 5) is 18.5. The molecule has 6 heteroatoms. The van der Waals surface area contributed by atoms with E-state index in [2.05, 4.69) is 20.2 Å². The van der Waals surface area contributed by atoms with Crippen LogP contribution in [0.1, 0.15) is 16.3 Å². The summed E-state index contributed by atoms with van der Waals surface area (Å²) < 4.78 is 0. The lowest BCUT2D eigenvalue weighted by atomic mass is 10.3. The molecule has 0 radical (unpaired) electrons. The van der Waals surface area contributed by atoms with Crippen LogP contribution in [-0.2, 0) is 0 Å². The van der Waals surface area contributed by atoms with E-state index in [1.54, 1.807) is 6.92 Å². The van der Waals surface area contributed by atoms with Gasteiger partial charge in [-0.2, -0.15) is 5.10 Å². The number of hydrogen-bond acceptors (Lipinski definition) is 4. The molecule has 0 atom stereocenters. The highest BCUT2D eigenvalue weighted by Crippen LogP contribution is 2.11. The number of aromatic carboxylic acids is 1. The number of hydrogen-bond donors (Lipinski definition) is 2. The van der Waals surface area contributed by atoms with Gasteiger partial charge in [-0.25, -0.2) is 14.8 Å². The predicted octanol–water partition coefficient (Wildman–Crippen LogP) is 0.360. The molecule has 66 valence electrons. The van der Waals surface area contributed by atoms with E-state index < -0.39 is 5.97 Å². The zero-order chi connectivity index (χ0) is 9.42. The maximum Gasteiger partial charge on any atom is 0.358 e. The van der Waals surface area contributed by atoms with Gasteiger partial charge in [-0.15, -0.1) is 0 Å². The van der Waals surface area contributed by atoms with Crippen molar-refractivity contribution in [3.63, 3.8) is 0 Å². The third-order valence-corrected chi connectivity index (χ3v) is 1.62. The summed E-state index contributed by atoms with van der Waals surface area (Å²) in [5.74, 6) is -0.569. The molecule has 0 bridgehead atoms. The van der Waals surface area contributed by atoms with Gasteiger partial charge in [0, 0.05) is 0 Å². The zero-order valence-corrected chi connectivity index (χ0v) is 6.77. The molecule has 0 amide bonds. The van der Waals surface area contributed by atoms with Gasteiger partial charge in [0.05, 0.1) is 6.20 Å². The first-order valence-electron chi connectivity index (χ1n) is 3.59. The van der Waals surface area contributed by atoms with Gasteiger partial charge in [0.2, 0.25) is 0 Å². The van der Waals surface area contributed by atoms with E-state index in [1.165, 1.54) is 6.20 Å². The number of H-pyrrole nitrogens is 1. The smallest absolute Gasteiger partial charge is 0.358 e. The molecule has 0 aliphatic rings. The number of aryl methyl sites for hydroxylation is 1. The Kier molecular flexibility index (Phi) is 1.48. The quantitative estimate of drug-likeness (QED) is 0.657. The molecular formula is C7H6N4O2. The standard InChI is InChI=1S/C7H6N4O2/c1-3-8-2-4-5(9-3)6(7(12)13)11-10-4/h2H,1H3,(H,10,11)(H,12,13). The summed E-state index contributed by atoms with van der Waals surface area (Å²) in [5.41, 5.74) is 0.809. The second-order valence-electron chi connectivity index (χ2n) is 2.56. The summed E-state index contributed by atoms with van der Waals surface area (Å²) in [7, 11) is 0. The van der Waals surface area contributed by atoms with Gasteiger partial charge in [0.15, 0.2) is 5.69 Å². The maximum absolute atomic E-state index is 10.6. The van der Waals surface area contributed by atoms with Crippen LogP contribution in [0.5, 0.6) is 0 Å². The molecular weight excluding hydrogens is 172 g/mol. The fourth-order valence-electron chi connectivity index (χ4n) is 1.05. The highest BCUT2D eigenvalue weighted by atomic mass is 16.4. The third kappa shape index (κ3) is 1.12. The SMILES string of the molecule is Cc1ncc2[nH]nc(C(=O)O)c2n1. The van der Waals surface area contributed by atoms with Crippen LogP contribution in [0.4, 0.5) is 0 Å². The van der Waals surface area contributed by atoms with Crippen molar-refractivity contribution < 1.29 is 9.90 Å². The number of aromatic nitrogens is 4. The largest absolute Gasteiger partial charge is 0.476 e. The normalized spacial score (nSPS) is 10.5. The molecule has 2 N–H and O–H groups in total. The minimum Gasteiger partial charge on any atom is -0.476 e. The molecule has 2 aromatic heterocycles. The Balaban J connectivity index is 2.79. The molecule has 0 unspecified atom stereocenters. The van der Waals surface area contributed by atoms with Crippen molar-refractivity contribution in [3.8, 4) is 0 Å². The molecule has 0 spiro atoms. The Hall–Kier alpha value is -1.98. The average Bonchev–Trinajstić information content (AvgIpc) is 2.46. The monoisotopic (exact) mass is 178 g/mol. The highest BCUT2D eigenvalue weighted by molar-refractivity contribution is 5.98. The highest BCUT2D eigenvalue weighted by Gasteiger charge is 2.13. The maximum atomic E-state index is 10.6. The summed E-state index contributed by atoms with van der Waals surface area (Å²) in [6, 6.07) is 0. The van der Waals surface area contributed by atoms with Gasteiger partial charge in [-0.05, 0) is 6.92 Å². The molecule has 0 saturated heterocycles. The van der Waals surface area contributed by atoms with E-state index in [0.29, 0.717) is 16.9 Å². The van der Waals surface area contributed by atoms with Crippen LogP contribution < -0.4 is 0 Å². The Labute approximate surface area is 72.6 Å². The molecule has 13 heavy (non-hydrogen) atoms. The molecule has 0 fully saturated rings. The Morgan fingerprint density at radius 3 is 3.08 bits per heavy atom. The van der Waals surface area contributed by atoms with Crippen LogP contribution in [-0.4, -0.2) is 31.2 Å². The van der Waals surface area contributed by atoms with Crippen molar-refractivity contribution in [2.75, 3.05) is 0 Å². The van der Waals surface area contributed by atoms with Gasteiger partial charge in [-0.3, -0.25) is 5.10 Å². The van der Waals surface area contributed by atoms with E-state index >= 15 is 0 Å². The first-order valence-corrected chi connectivity index (χ1v) is 3.59. The zero-order valence-electron chi connectivity index (χ0n) is 6.77. The topological polar surface area (TPSA) is 91.8 Å². The van der Waals surface area contributed by atoms with E-state index in [-0.39, 0.29) is 5.69 Å². The molecule has 0 aromatic carbocycles. The first kappa shape index (κ1) is 7.66. The van der Waals surface area contributed by atoms with Crippen molar-refractivity contribution >= 4 is 17.0 Å². The molecule has 0 aliphatic carbocycles. The number of carboxylic acids is 1. The average molecular weight is 178 g/mol. The van der Waals surface area contributed by atoms with E-state index in [4.69, 9.17) is 5.11 Å². The molecule has 2 aromatic rings. The van der Waals surface area contributed by atoms with Crippen molar-refractivity contribution in [2.24, 2.45) is 0 Å². The fraction of sp³-hybridized carbons (Fsp3) is 0.143. The summed E-state index contributed by atoms with van der Waals surface area (Å²) in [6.07, 6.45) is 1.51. The minimum absolute atomic E-state index is 0.0690. The van der Waals surface area contributed by atoms with Gasteiger partial charge in [0.25, 0.3) is 0 Å². The lowest BCUT2D eigenvalue weighted by Gasteiger charge is -1.90. The Morgan fingerprint density at radius 1 is 1.62 bits per heavy atom. The number of carboxylic acid groups (broad SMARTS) is 1. The van der Waals surface area contributed by atoms with Crippen LogP contribution in [0.25, 0.3) is 11.0 Å². The summed E-state index contributed by atoms with van der Waals surface area (Å²) in [5, 5.41) is 14.9. The molecule has 2 heterocycles. The van der Waals surface area contributed by atoms with Crippen molar-refractivity contribution in [3.05, 3.63) is 17.7 Å². The predicted molar refractivity (Wildman–Crippen MR) is 43.4 cm³/mol. The Bertz CT molecular complexity index is 476. The van der Waals surface area contributed by atoms with Crippen LogP contribution in [0.2, 0.25) is 0 Å². The van der Waals surface area contributed by atoms with Gasteiger partial charge in [-0.1, -0.05) is 0 Å². The third-order valence-electron chi connectivity index (χ3n) is 1.62. The first-order chi connectivity index (χ1) is 6.18. The number of nitrogens with zero attached hydrogens (tertiary/aromatic N) is 3. The van der Waals surface area contributed by atoms with Crippen LogP contribution in [0.3, 0.4) is 0 Å². The van der Waals surface area contributed by atoms with Gasteiger partial charge < -0.3 is 5.11 Å². The van der Waals surface area contributed by atoms with E-state index in [0.717, 1.165) is 0 Å². The summed E-state index contributed by atoms with van der Waals surface area (Å²) >= 11 is 0. The second-order valence-corrected chi connectivity index (χ2v) is 2.56. The molecule has 0 saturated carbocycles. The van der Waals surface area contributed by atoms with Crippen molar-refractivity contribution in [2.45, 2.75) is 6.92 Å². The van der Waals surface area contributed by atoms with Gasteiger partial charge >= 0.3 is 5.97 Å².